The molecule has 2 heterocycles. The van der Waals surface area contributed by atoms with Crippen LogP contribution in [0.1, 0.15) is 35.7 Å². The van der Waals surface area contributed by atoms with Gasteiger partial charge in [-0.3, -0.25) is 14.4 Å². The Balaban J connectivity index is 0.000000886. The van der Waals surface area contributed by atoms with Crippen LogP contribution in [0, 0.1) is 6.92 Å². The van der Waals surface area contributed by atoms with Crippen LogP contribution in [-0.4, -0.2) is 70.4 Å². The number of H-pyrrole nitrogens is 1. The summed E-state index contributed by atoms with van der Waals surface area (Å²) in [5.41, 5.74) is 1.17. The number of amides is 1. The number of hydrogen-bond donors (Lipinski definition) is 4. The van der Waals surface area contributed by atoms with Crippen LogP contribution in [0.3, 0.4) is 0 Å². The number of aryl methyl sites for hydroxylation is 1. The van der Waals surface area contributed by atoms with Gasteiger partial charge in [0.1, 0.15) is 11.9 Å². The first-order chi connectivity index (χ1) is 17.6. The van der Waals surface area contributed by atoms with Crippen LogP contribution in [0.4, 0.5) is 0 Å². The molecule has 0 bridgehead atoms. The molecule has 9 nitrogen and oxygen atoms in total. The minimum Gasteiger partial charge on any atom is -0.490 e. The third-order valence-electron chi connectivity index (χ3n) is 5.99. The number of carboxylic acids is 1. The van der Waals surface area contributed by atoms with Crippen LogP contribution in [0.15, 0.2) is 53.5 Å². The number of pyridine rings is 1. The quantitative estimate of drug-likeness (QED) is 0.369. The normalized spacial score (nSPS) is 14.9. The van der Waals surface area contributed by atoms with E-state index in [1.165, 1.54) is 6.20 Å². The molecule has 1 aliphatic heterocycles. The van der Waals surface area contributed by atoms with Crippen molar-refractivity contribution in [2.75, 3.05) is 26.2 Å². The fourth-order valence-corrected chi connectivity index (χ4v) is 4.43. The largest absolute Gasteiger partial charge is 0.490 e. The second kappa shape index (κ2) is 13.2. The maximum absolute atomic E-state index is 12.6. The van der Waals surface area contributed by atoms with Crippen molar-refractivity contribution in [1.82, 2.24) is 15.2 Å². The maximum Gasteiger partial charge on any atom is 0.300 e. The van der Waals surface area contributed by atoms with E-state index in [1.54, 1.807) is 24.3 Å². The number of likely N-dealkylation sites (tertiary alicyclic amines) is 1. The van der Waals surface area contributed by atoms with Crippen LogP contribution in [0.2, 0.25) is 5.02 Å². The van der Waals surface area contributed by atoms with E-state index < -0.39 is 12.1 Å². The lowest BCUT2D eigenvalue weighted by Gasteiger charge is -2.33. The average molecular weight is 530 g/mol. The molecule has 10 heteroatoms. The highest BCUT2D eigenvalue weighted by molar-refractivity contribution is 6.30. The number of piperidine rings is 1. The summed E-state index contributed by atoms with van der Waals surface area (Å²) in [5, 5.41) is 22.4. The lowest BCUT2D eigenvalue weighted by molar-refractivity contribution is -0.134. The molecular formula is C27H32ClN3O6. The van der Waals surface area contributed by atoms with E-state index >= 15 is 0 Å². The number of aromatic amines is 1. The third kappa shape index (κ3) is 8.31. The topological polar surface area (TPSA) is 132 Å². The van der Waals surface area contributed by atoms with Crippen molar-refractivity contribution in [3.05, 3.63) is 75.2 Å². The number of carboxylic acid groups (broad SMARTS) is 1. The second-order valence-electron chi connectivity index (χ2n) is 8.99. The van der Waals surface area contributed by atoms with Crippen molar-refractivity contribution in [3.63, 3.8) is 0 Å². The number of carbonyl (C=O) groups is 2. The van der Waals surface area contributed by atoms with Gasteiger partial charge in [0.25, 0.3) is 17.4 Å². The third-order valence-corrected chi connectivity index (χ3v) is 6.22. The molecule has 2 aromatic carbocycles. The van der Waals surface area contributed by atoms with Crippen molar-refractivity contribution >= 4 is 34.2 Å². The zero-order valence-electron chi connectivity index (χ0n) is 20.9. The summed E-state index contributed by atoms with van der Waals surface area (Å²) < 4.78 is 6.14. The molecule has 0 aliphatic carbocycles. The fourth-order valence-electron chi connectivity index (χ4n) is 4.20. The summed E-state index contributed by atoms with van der Waals surface area (Å²) in [6.07, 6.45) is 2.58. The number of aliphatic hydroxyl groups is 1. The lowest BCUT2D eigenvalue weighted by Crippen LogP contribution is -2.45. The number of halogens is 1. The van der Waals surface area contributed by atoms with Crippen molar-refractivity contribution in [2.45, 2.75) is 38.9 Å². The molecule has 1 aromatic heterocycles. The van der Waals surface area contributed by atoms with Crippen LogP contribution in [0.5, 0.6) is 5.75 Å². The second-order valence-corrected chi connectivity index (χ2v) is 9.42. The number of rotatable bonds is 7. The Morgan fingerprint density at radius 3 is 2.49 bits per heavy atom. The molecule has 0 radical (unpaired) electrons. The molecular weight excluding hydrogens is 498 g/mol. The first-order valence-corrected chi connectivity index (χ1v) is 12.4. The molecule has 0 saturated carbocycles. The number of β-amino-alcohol motifs (C(OH)–C–C–N with tert-alkyl or cyclic N) is 1. The molecule has 1 aliphatic rings. The Morgan fingerprint density at radius 1 is 1.19 bits per heavy atom. The van der Waals surface area contributed by atoms with Gasteiger partial charge in [-0.1, -0.05) is 29.8 Å². The molecule has 4 N–H and O–H groups in total. The first kappa shape index (κ1) is 28.2. The monoisotopic (exact) mass is 529 g/mol. The molecule has 198 valence electrons. The minimum atomic E-state index is -0.833. The number of nitrogens with zero attached hydrogens (tertiary/aromatic N) is 1. The first-order valence-electron chi connectivity index (χ1n) is 12.1. The van der Waals surface area contributed by atoms with Gasteiger partial charge in [0.2, 0.25) is 0 Å². The minimum absolute atomic E-state index is 0.131. The molecule has 1 fully saturated rings. The van der Waals surface area contributed by atoms with Gasteiger partial charge in [-0.05, 0) is 49.6 Å². The summed E-state index contributed by atoms with van der Waals surface area (Å²) in [5.74, 6) is -0.303. The summed E-state index contributed by atoms with van der Waals surface area (Å²) >= 11 is 6.01. The fraction of sp³-hybridized carbons (Fsp3) is 0.370. The van der Waals surface area contributed by atoms with Crippen LogP contribution in [0.25, 0.3) is 10.8 Å². The van der Waals surface area contributed by atoms with Crippen LogP contribution in [-0.2, 0) is 4.79 Å². The molecule has 3 aromatic rings. The van der Waals surface area contributed by atoms with Gasteiger partial charge >= 0.3 is 0 Å². The predicted molar refractivity (Wildman–Crippen MR) is 142 cm³/mol. The highest BCUT2D eigenvalue weighted by Gasteiger charge is 2.23. The van der Waals surface area contributed by atoms with E-state index in [1.807, 2.05) is 25.1 Å². The Labute approximate surface area is 220 Å². The van der Waals surface area contributed by atoms with E-state index in [-0.39, 0.29) is 24.1 Å². The SMILES string of the molecule is CC(=O)O.Cc1cc(Cl)ccc1OC1CCN(C[C@@H](O)CNC(=O)c2c[nH]c(=O)c3ccccc23)CC1. The number of benzene rings is 2. The summed E-state index contributed by atoms with van der Waals surface area (Å²) in [6.45, 7) is 5.29. The zero-order chi connectivity index (χ0) is 26.9. The van der Waals surface area contributed by atoms with Crippen molar-refractivity contribution in [3.8, 4) is 5.75 Å². The zero-order valence-corrected chi connectivity index (χ0v) is 21.6. The lowest BCUT2D eigenvalue weighted by atomic mass is 10.1. The highest BCUT2D eigenvalue weighted by Crippen LogP contribution is 2.25. The van der Waals surface area contributed by atoms with Gasteiger partial charge in [-0.2, -0.15) is 0 Å². The van der Waals surface area contributed by atoms with Crippen molar-refractivity contribution < 1.29 is 24.5 Å². The van der Waals surface area contributed by atoms with E-state index in [0.717, 1.165) is 44.2 Å². The van der Waals surface area contributed by atoms with Gasteiger partial charge in [-0.15, -0.1) is 0 Å². The number of aromatic nitrogens is 1. The Morgan fingerprint density at radius 2 is 1.84 bits per heavy atom. The summed E-state index contributed by atoms with van der Waals surface area (Å²) in [7, 11) is 0. The van der Waals surface area contributed by atoms with Crippen molar-refractivity contribution in [2.24, 2.45) is 0 Å². The summed E-state index contributed by atoms with van der Waals surface area (Å²) in [6, 6.07) is 12.6. The molecule has 37 heavy (non-hydrogen) atoms. The number of aliphatic hydroxyl groups excluding tert-OH is 1. The highest BCUT2D eigenvalue weighted by atomic mass is 35.5. The smallest absolute Gasteiger partial charge is 0.300 e. The molecule has 4 rings (SSSR count). The number of ether oxygens (including phenoxy) is 1. The van der Waals surface area contributed by atoms with Gasteiger partial charge < -0.3 is 30.2 Å². The number of hydrogen-bond acceptors (Lipinski definition) is 6. The Kier molecular flexibility index (Phi) is 10.1. The molecule has 1 amide bonds. The number of nitrogens with one attached hydrogen (secondary N) is 2. The number of carbonyl (C=O) groups excluding carboxylic acids is 1. The van der Waals surface area contributed by atoms with E-state index in [4.69, 9.17) is 26.2 Å². The van der Waals surface area contributed by atoms with Gasteiger partial charge in [-0.25, -0.2) is 0 Å². The van der Waals surface area contributed by atoms with E-state index in [9.17, 15) is 14.7 Å². The maximum atomic E-state index is 12.6. The van der Waals surface area contributed by atoms with Gasteiger partial charge in [0.15, 0.2) is 0 Å². The predicted octanol–water partition coefficient (Wildman–Crippen LogP) is 3.21. The van der Waals surface area contributed by atoms with Crippen molar-refractivity contribution in [1.29, 1.82) is 0 Å². The molecule has 0 spiro atoms. The van der Waals surface area contributed by atoms with Gasteiger partial charge in [0, 0.05) is 55.1 Å². The standard InChI is InChI=1S/C25H28ClN3O4.C2H4O2/c1-16-12-17(26)6-7-23(16)33-19-8-10-29(11-9-19)15-18(30)13-27-25(32)22-14-28-24(31)21-5-3-2-4-20(21)22;1-2(3)4/h2-7,12,14,18-19,30H,8-11,13,15H2,1H3,(H,27,32)(H,28,31);1H3,(H,3,4)/t18-;/m0./s1. The Hall–Kier alpha value is -3.40. The molecule has 1 saturated heterocycles. The van der Waals surface area contributed by atoms with Gasteiger partial charge in [0.05, 0.1) is 11.7 Å². The molecule has 0 unspecified atom stereocenters. The summed E-state index contributed by atoms with van der Waals surface area (Å²) in [4.78, 5) is 38.4. The average Bonchev–Trinajstić information content (AvgIpc) is 2.85. The number of aliphatic carboxylic acids is 1. The molecule has 1 atom stereocenters. The number of fused-ring (bicyclic) bond motifs is 1. The van der Waals surface area contributed by atoms with Crippen LogP contribution < -0.4 is 15.6 Å². The van der Waals surface area contributed by atoms with E-state index in [2.05, 4.69) is 15.2 Å². The van der Waals surface area contributed by atoms with E-state index in [0.29, 0.717) is 27.9 Å². The Bertz CT molecular complexity index is 1280. The van der Waals surface area contributed by atoms with Crippen LogP contribution >= 0.6 is 11.6 Å².